The van der Waals surface area contributed by atoms with Crippen molar-refractivity contribution in [2.75, 3.05) is 11.9 Å². The second-order valence-corrected chi connectivity index (χ2v) is 5.54. The van der Waals surface area contributed by atoms with Gasteiger partial charge >= 0.3 is 0 Å². The predicted molar refractivity (Wildman–Crippen MR) is 80.7 cm³/mol. The number of ketones is 1. The van der Waals surface area contributed by atoms with Gasteiger partial charge in [0.05, 0.1) is 0 Å². The number of benzene rings is 1. The van der Waals surface area contributed by atoms with Crippen LogP contribution in [-0.4, -0.2) is 12.3 Å². The normalized spacial score (nSPS) is 18.8. The second-order valence-electron chi connectivity index (χ2n) is 5.54. The van der Waals surface area contributed by atoms with E-state index in [0.717, 1.165) is 23.7 Å². The van der Waals surface area contributed by atoms with Crippen LogP contribution in [-0.2, 0) is 0 Å². The molecule has 0 aromatic heterocycles. The van der Waals surface area contributed by atoms with Gasteiger partial charge in [0.1, 0.15) is 0 Å². The van der Waals surface area contributed by atoms with Gasteiger partial charge in [-0.2, -0.15) is 0 Å². The molecule has 0 bridgehead atoms. The van der Waals surface area contributed by atoms with Gasteiger partial charge in [0.2, 0.25) is 0 Å². The van der Waals surface area contributed by atoms with Crippen molar-refractivity contribution in [3.63, 3.8) is 0 Å². The summed E-state index contributed by atoms with van der Waals surface area (Å²) in [5.41, 5.74) is 3.43. The van der Waals surface area contributed by atoms with E-state index in [1.165, 1.54) is 25.7 Å². The maximum atomic E-state index is 11.2. The number of hydrogen-bond acceptors (Lipinski definition) is 2. The van der Waals surface area contributed by atoms with E-state index in [2.05, 4.69) is 18.3 Å². The van der Waals surface area contributed by atoms with Gasteiger partial charge < -0.3 is 5.32 Å². The Labute approximate surface area is 115 Å². The van der Waals surface area contributed by atoms with Crippen molar-refractivity contribution in [2.45, 2.75) is 39.5 Å². The van der Waals surface area contributed by atoms with E-state index < -0.39 is 0 Å². The summed E-state index contributed by atoms with van der Waals surface area (Å²) in [5, 5.41) is 3.44. The third kappa shape index (κ3) is 4.23. The number of carbonyl (C=O) groups excluding carboxylic acids is 1. The molecule has 1 atom stereocenters. The molecule has 0 heterocycles. The molecule has 19 heavy (non-hydrogen) atoms. The van der Waals surface area contributed by atoms with Crippen molar-refractivity contribution < 1.29 is 4.79 Å². The molecule has 0 radical (unpaired) electrons. The summed E-state index contributed by atoms with van der Waals surface area (Å²) in [5.74, 6) is 0.948. The molecule has 0 amide bonds. The molecule has 1 aliphatic rings. The van der Waals surface area contributed by atoms with Crippen LogP contribution in [0.4, 0.5) is 5.69 Å². The Bertz CT molecular complexity index is 459. The van der Waals surface area contributed by atoms with Gasteiger partial charge in [-0.25, -0.2) is 0 Å². The summed E-state index contributed by atoms with van der Waals surface area (Å²) in [6.45, 7) is 4.84. The topological polar surface area (TPSA) is 29.1 Å². The van der Waals surface area contributed by atoms with Crippen molar-refractivity contribution in [3.05, 3.63) is 41.5 Å². The minimum Gasteiger partial charge on any atom is -0.385 e. The van der Waals surface area contributed by atoms with Gasteiger partial charge in [-0.15, -0.1) is 0 Å². The minimum atomic E-state index is 0.121. The van der Waals surface area contributed by atoms with E-state index in [-0.39, 0.29) is 5.78 Å². The summed E-state index contributed by atoms with van der Waals surface area (Å²) in [7, 11) is 0. The van der Waals surface area contributed by atoms with Crippen LogP contribution in [0.5, 0.6) is 0 Å². The van der Waals surface area contributed by atoms with Crippen LogP contribution in [0, 0.1) is 5.92 Å². The van der Waals surface area contributed by atoms with Crippen molar-refractivity contribution >= 4 is 11.5 Å². The monoisotopic (exact) mass is 257 g/mol. The van der Waals surface area contributed by atoms with E-state index >= 15 is 0 Å². The Kier molecular flexibility index (Phi) is 4.78. The third-order valence-electron chi connectivity index (χ3n) is 3.92. The molecule has 1 aromatic rings. The highest BCUT2D eigenvalue weighted by Crippen LogP contribution is 2.25. The van der Waals surface area contributed by atoms with Gasteiger partial charge in [0.15, 0.2) is 5.78 Å². The first kappa shape index (κ1) is 13.9. The average Bonchev–Trinajstić information content (AvgIpc) is 2.41. The number of Topliss-reactive ketones (excluding diaryl/α,β-unsaturated/α-hetero) is 1. The molecule has 0 fully saturated rings. The van der Waals surface area contributed by atoms with E-state index in [1.54, 1.807) is 12.5 Å². The van der Waals surface area contributed by atoms with E-state index in [0.29, 0.717) is 0 Å². The summed E-state index contributed by atoms with van der Waals surface area (Å²) in [6, 6.07) is 7.75. The lowest BCUT2D eigenvalue weighted by Crippen LogP contribution is -2.11. The first-order valence-electron chi connectivity index (χ1n) is 7.15. The van der Waals surface area contributed by atoms with Crippen LogP contribution in [0.25, 0.3) is 0 Å². The highest BCUT2D eigenvalue weighted by Gasteiger charge is 2.11. The molecule has 1 aliphatic carbocycles. The van der Waals surface area contributed by atoms with Gasteiger partial charge in [-0.1, -0.05) is 11.6 Å². The molecule has 1 N–H and O–H groups in total. The molecule has 1 aromatic carbocycles. The van der Waals surface area contributed by atoms with E-state index in [4.69, 9.17) is 0 Å². The smallest absolute Gasteiger partial charge is 0.159 e. The number of rotatable bonds is 5. The summed E-state index contributed by atoms with van der Waals surface area (Å²) in [4.78, 5) is 11.2. The first-order valence-corrected chi connectivity index (χ1v) is 7.15. The fourth-order valence-corrected chi connectivity index (χ4v) is 2.53. The highest BCUT2D eigenvalue weighted by molar-refractivity contribution is 5.94. The first-order chi connectivity index (χ1) is 9.15. The van der Waals surface area contributed by atoms with Gasteiger partial charge in [-0.05, 0) is 69.7 Å². The van der Waals surface area contributed by atoms with Crippen molar-refractivity contribution in [2.24, 2.45) is 5.92 Å². The molecular weight excluding hydrogens is 234 g/mol. The van der Waals surface area contributed by atoms with Gasteiger partial charge in [-0.3, -0.25) is 4.79 Å². The summed E-state index contributed by atoms with van der Waals surface area (Å²) >= 11 is 0. The quantitative estimate of drug-likeness (QED) is 0.624. The lowest BCUT2D eigenvalue weighted by Gasteiger charge is -2.20. The minimum absolute atomic E-state index is 0.121. The fourth-order valence-electron chi connectivity index (χ4n) is 2.53. The molecule has 0 saturated heterocycles. The van der Waals surface area contributed by atoms with Crippen LogP contribution in [0.3, 0.4) is 0 Å². The van der Waals surface area contributed by atoms with Gasteiger partial charge in [0.25, 0.3) is 0 Å². The number of carbonyl (C=O) groups is 1. The number of anilines is 1. The molecule has 0 aliphatic heterocycles. The van der Waals surface area contributed by atoms with E-state index in [1.807, 2.05) is 24.3 Å². The highest BCUT2D eigenvalue weighted by atomic mass is 16.1. The zero-order valence-corrected chi connectivity index (χ0v) is 11.9. The molecule has 0 saturated carbocycles. The Morgan fingerprint density at radius 3 is 2.63 bits per heavy atom. The Morgan fingerprint density at radius 2 is 2.05 bits per heavy atom. The number of nitrogens with one attached hydrogen (secondary N) is 1. The molecule has 2 rings (SSSR count). The molecule has 102 valence electrons. The average molecular weight is 257 g/mol. The second kappa shape index (κ2) is 6.55. The Balaban J connectivity index is 1.75. The molecular formula is C17H23NO. The maximum Gasteiger partial charge on any atom is 0.159 e. The van der Waals surface area contributed by atoms with Crippen molar-refractivity contribution in [1.29, 1.82) is 0 Å². The van der Waals surface area contributed by atoms with Crippen LogP contribution in [0.1, 0.15) is 49.9 Å². The summed E-state index contributed by atoms with van der Waals surface area (Å²) < 4.78 is 0. The molecule has 0 spiro atoms. The SMILES string of the molecule is CC(=O)c1ccc(NCCC2CC=C(C)CC2)cc1. The van der Waals surface area contributed by atoms with Crippen LogP contribution < -0.4 is 5.32 Å². The lowest BCUT2D eigenvalue weighted by atomic mass is 9.88. The fraction of sp³-hybridized carbons (Fsp3) is 0.471. The van der Waals surface area contributed by atoms with Crippen LogP contribution in [0.2, 0.25) is 0 Å². The van der Waals surface area contributed by atoms with E-state index in [9.17, 15) is 4.79 Å². The zero-order chi connectivity index (χ0) is 13.7. The van der Waals surface area contributed by atoms with Crippen LogP contribution >= 0.6 is 0 Å². The van der Waals surface area contributed by atoms with Crippen LogP contribution in [0.15, 0.2) is 35.9 Å². The Morgan fingerprint density at radius 1 is 1.32 bits per heavy atom. The third-order valence-corrected chi connectivity index (χ3v) is 3.92. The van der Waals surface area contributed by atoms with Crippen molar-refractivity contribution in [1.82, 2.24) is 0 Å². The number of allylic oxidation sites excluding steroid dienone is 2. The Hall–Kier alpha value is -1.57. The van der Waals surface area contributed by atoms with Crippen molar-refractivity contribution in [3.8, 4) is 0 Å². The zero-order valence-electron chi connectivity index (χ0n) is 11.9. The molecule has 1 unspecified atom stereocenters. The molecule has 2 nitrogen and oxygen atoms in total. The summed E-state index contributed by atoms with van der Waals surface area (Å²) in [6.07, 6.45) is 7.43. The molecule has 2 heteroatoms. The lowest BCUT2D eigenvalue weighted by molar-refractivity contribution is 0.101. The largest absolute Gasteiger partial charge is 0.385 e. The van der Waals surface area contributed by atoms with Gasteiger partial charge in [0, 0.05) is 17.8 Å². The number of hydrogen-bond donors (Lipinski definition) is 1. The standard InChI is InChI=1S/C17H23NO/c1-13-3-5-15(6-4-13)11-12-18-17-9-7-16(8-10-17)14(2)19/h3,7-10,15,18H,4-6,11-12H2,1-2H3. The predicted octanol–water partition coefficient (Wildman–Crippen LogP) is 4.44. The maximum absolute atomic E-state index is 11.2.